The molecule has 1 N–H and O–H groups in total. The second-order valence-electron chi connectivity index (χ2n) is 11.7. The molecule has 1 amide bonds. The van der Waals surface area contributed by atoms with Crippen molar-refractivity contribution >= 4 is 23.5 Å². The van der Waals surface area contributed by atoms with Crippen LogP contribution in [0.25, 0.3) is 0 Å². The summed E-state index contributed by atoms with van der Waals surface area (Å²) in [6.07, 6.45) is 1.77. The number of esters is 2. The van der Waals surface area contributed by atoms with Crippen molar-refractivity contribution in [2.24, 2.45) is 5.41 Å². The Hall–Kier alpha value is -4.71. The molecule has 0 spiro atoms. The minimum Gasteiger partial charge on any atom is -0.494 e. The highest BCUT2D eigenvalue weighted by Gasteiger charge is 2.33. The Morgan fingerprint density at radius 1 is 0.729 bits per heavy atom. The van der Waals surface area contributed by atoms with Crippen molar-refractivity contribution < 1.29 is 47.5 Å². The quantitative estimate of drug-likeness (QED) is 0.0678. The number of unbranched alkanes of at least 4 members (excludes halogenated alkanes) is 1. The molecule has 1 aliphatic rings. The molecule has 48 heavy (non-hydrogen) atoms. The Bertz CT molecular complexity index is 1480. The van der Waals surface area contributed by atoms with Gasteiger partial charge < -0.3 is 38.5 Å². The van der Waals surface area contributed by atoms with E-state index >= 15 is 0 Å². The molecule has 11 nitrogen and oxygen atoms in total. The van der Waals surface area contributed by atoms with Crippen LogP contribution in [0.4, 0.5) is 5.69 Å². The van der Waals surface area contributed by atoms with Gasteiger partial charge in [0.2, 0.25) is 0 Å². The van der Waals surface area contributed by atoms with E-state index in [1.54, 1.807) is 79.7 Å². The summed E-state index contributed by atoms with van der Waals surface area (Å²) in [4.78, 5) is 36.6. The Morgan fingerprint density at radius 2 is 1.31 bits per heavy atom. The standard InChI is InChI=1S/C37H43NO10/c1-27(2)35(40)47-23-21-42-20-22-46-32-12-6-28(7-13-32)34(39)38-30-10-16-33(17-11-30)48-36(41)29-8-14-31(15-9-29)45-19-5-4-18-43-24-37(3)25-44-26-37/h6-17H,1,4-5,18-26H2,2-3H3,(H,38,39). The molecule has 0 aliphatic carbocycles. The van der Waals surface area contributed by atoms with E-state index < -0.39 is 11.9 Å². The van der Waals surface area contributed by atoms with E-state index in [2.05, 4.69) is 18.8 Å². The van der Waals surface area contributed by atoms with Crippen molar-refractivity contribution in [1.29, 1.82) is 0 Å². The average molecular weight is 662 g/mol. The number of carbonyl (C=O) groups excluding carboxylic acids is 3. The molecule has 0 aromatic heterocycles. The number of ether oxygens (including phenoxy) is 7. The van der Waals surface area contributed by atoms with Gasteiger partial charge in [-0.05, 0) is 92.6 Å². The number of rotatable bonds is 20. The van der Waals surface area contributed by atoms with Crippen molar-refractivity contribution in [1.82, 2.24) is 0 Å². The zero-order valence-corrected chi connectivity index (χ0v) is 27.5. The van der Waals surface area contributed by atoms with Crippen LogP contribution >= 0.6 is 0 Å². The third kappa shape index (κ3) is 12.1. The second-order valence-corrected chi connectivity index (χ2v) is 11.7. The van der Waals surface area contributed by atoms with E-state index in [1.165, 1.54) is 0 Å². The summed E-state index contributed by atoms with van der Waals surface area (Å²) >= 11 is 0. The molecule has 1 saturated heterocycles. The third-order valence-electron chi connectivity index (χ3n) is 7.14. The highest BCUT2D eigenvalue weighted by molar-refractivity contribution is 6.04. The molecular formula is C37H43NO10. The van der Waals surface area contributed by atoms with E-state index in [-0.39, 0.29) is 24.5 Å². The van der Waals surface area contributed by atoms with Crippen LogP contribution in [-0.2, 0) is 23.7 Å². The van der Waals surface area contributed by atoms with Crippen molar-refractivity contribution in [3.63, 3.8) is 0 Å². The van der Waals surface area contributed by atoms with Crippen LogP contribution in [-0.4, -0.2) is 77.3 Å². The molecule has 0 bridgehead atoms. The van der Waals surface area contributed by atoms with Gasteiger partial charge in [0.25, 0.3) is 5.91 Å². The number of carbonyl (C=O) groups is 3. The van der Waals surface area contributed by atoms with E-state index in [9.17, 15) is 14.4 Å². The van der Waals surface area contributed by atoms with Gasteiger partial charge in [0.1, 0.15) is 30.5 Å². The maximum Gasteiger partial charge on any atom is 0.343 e. The van der Waals surface area contributed by atoms with Crippen LogP contribution in [0.2, 0.25) is 0 Å². The maximum atomic E-state index is 12.7. The van der Waals surface area contributed by atoms with Crippen LogP contribution < -0.4 is 19.5 Å². The first-order valence-electron chi connectivity index (χ1n) is 15.9. The fraction of sp³-hybridized carbons (Fsp3) is 0.378. The van der Waals surface area contributed by atoms with Gasteiger partial charge in [0.15, 0.2) is 0 Å². The second kappa shape index (κ2) is 18.6. The van der Waals surface area contributed by atoms with Crippen LogP contribution in [0.3, 0.4) is 0 Å². The van der Waals surface area contributed by atoms with Crippen molar-refractivity contribution in [3.05, 3.63) is 96.1 Å². The first kappa shape index (κ1) is 36.1. The lowest BCUT2D eigenvalue weighted by Crippen LogP contribution is -2.43. The van der Waals surface area contributed by atoms with E-state index in [0.717, 1.165) is 32.7 Å². The topological polar surface area (TPSA) is 128 Å². The minimum atomic E-state index is -0.501. The van der Waals surface area contributed by atoms with Gasteiger partial charge in [-0.15, -0.1) is 0 Å². The zero-order valence-electron chi connectivity index (χ0n) is 27.5. The summed E-state index contributed by atoms with van der Waals surface area (Å²) in [5, 5.41) is 2.82. The predicted octanol–water partition coefficient (Wildman–Crippen LogP) is 5.88. The van der Waals surface area contributed by atoms with E-state index in [1.807, 2.05) is 0 Å². The lowest BCUT2D eigenvalue weighted by molar-refractivity contribution is -0.140. The lowest BCUT2D eigenvalue weighted by atomic mass is 9.90. The highest BCUT2D eigenvalue weighted by Crippen LogP contribution is 2.26. The Labute approximate surface area is 281 Å². The summed E-state index contributed by atoms with van der Waals surface area (Å²) in [5.41, 5.74) is 1.88. The molecule has 0 saturated carbocycles. The summed E-state index contributed by atoms with van der Waals surface area (Å²) < 4.78 is 38.2. The summed E-state index contributed by atoms with van der Waals surface area (Å²) in [6.45, 7) is 11.8. The molecule has 1 heterocycles. The minimum absolute atomic E-state index is 0.142. The molecule has 0 atom stereocenters. The van der Waals surface area contributed by atoms with Crippen LogP contribution in [0.1, 0.15) is 47.4 Å². The molecule has 0 unspecified atom stereocenters. The van der Waals surface area contributed by atoms with E-state index in [4.69, 9.17) is 33.2 Å². The number of hydrogen-bond donors (Lipinski definition) is 1. The van der Waals surface area contributed by atoms with Gasteiger partial charge in [0.05, 0.1) is 45.2 Å². The lowest BCUT2D eigenvalue weighted by Gasteiger charge is -2.37. The molecule has 4 rings (SSSR count). The smallest absolute Gasteiger partial charge is 0.343 e. The van der Waals surface area contributed by atoms with Crippen LogP contribution in [0.15, 0.2) is 84.9 Å². The largest absolute Gasteiger partial charge is 0.494 e. The fourth-order valence-corrected chi connectivity index (χ4v) is 4.35. The summed E-state index contributed by atoms with van der Waals surface area (Å²) in [5.74, 6) is 0.352. The van der Waals surface area contributed by atoms with Gasteiger partial charge in [-0.25, -0.2) is 9.59 Å². The maximum absolute atomic E-state index is 12.7. The van der Waals surface area contributed by atoms with Gasteiger partial charge in [-0.1, -0.05) is 13.5 Å². The van der Waals surface area contributed by atoms with Crippen molar-refractivity contribution in [3.8, 4) is 17.2 Å². The molecule has 0 radical (unpaired) electrons. The van der Waals surface area contributed by atoms with Gasteiger partial charge >= 0.3 is 11.9 Å². The molecule has 3 aromatic carbocycles. The molecule has 1 aliphatic heterocycles. The molecule has 1 fully saturated rings. The highest BCUT2D eigenvalue weighted by atomic mass is 16.6. The summed E-state index contributed by atoms with van der Waals surface area (Å²) in [7, 11) is 0. The van der Waals surface area contributed by atoms with E-state index in [0.29, 0.717) is 66.1 Å². The number of benzene rings is 3. The fourth-order valence-electron chi connectivity index (χ4n) is 4.35. The molecular weight excluding hydrogens is 618 g/mol. The average Bonchev–Trinajstić information content (AvgIpc) is 3.07. The van der Waals surface area contributed by atoms with Crippen LogP contribution in [0.5, 0.6) is 17.2 Å². The SMILES string of the molecule is C=C(C)C(=O)OCCOCCOc1ccc(C(=O)Nc2ccc(OC(=O)c3ccc(OCCCCOCC4(C)COC4)cc3)cc2)cc1. The molecule has 3 aromatic rings. The Balaban J connectivity index is 1.10. The van der Waals surface area contributed by atoms with Crippen molar-refractivity contribution in [2.75, 3.05) is 64.8 Å². The Morgan fingerprint density at radius 3 is 1.94 bits per heavy atom. The van der Waals surface area contributed by atoms with Crippen LogP contribution in [0, 0.1) is 5.41 Å². The molecule has 11 heteroatoms. The Kier molecular flexibility index (Phi) is 14.0. The number of hydrogen-bond acceptors (Lipinski definition) is 10. The predicted molar refractivity (Wildman–Crippen MR) is 179 cm³/mol. The normalized spacial score (nSPS) is 13.1. The number of nitrogens with one attached hydrogen (secondary N) is 1. The number of amides is 1. The number of anilines is 1. The van der Waals surface area contributed by atoms with Crippen molar-refractivity contribution in [2.45, 2.75) is 26.7 Å². The van der Waals surface area contributed by atoms with Gasteiger partial charge in [-0.3, -0.25) is 4.79 Å². The molecule has 256 valence electrons. The third-order valence-corrected chi connectivity index (χ3v) is 7.14. The van der Waals surface area contributed by atoms with Gasteiger partial charge in [-0.2, -0.15) is 0 Å². The summed E-state index contributed by atoms with van der Waals surface area (Å²) in [6, 6.07) is 20.0. The zero-order chi connectivity index (χ0) is 34.2. The first-order valence-corrected chi connectivity index (χ1v) is 15.9. The monoisotopic (exact) mass is 661 g/mol. The van der Waals surface area contributed by atoms with Gasteiger partial charge in [0, 0.05) is 28.8 Å². The first-order chi connectivity index (χ1) is 23.2.